The first-order chi connectivity index (χ1) is 16.1. The van der Waals surface area contributed by atoms with Crippen molar-refractivity contribution in [2.45, 2.75) is 31.8 Å². The zero-order valence-electron chi connectivity index (χ0n) is 18.7. The van der Waals surface area contributed by atoms with Crippen LogP contribution in [-0.4, -0.2) is 57.4 Å². The molecular weight excluding hydrogens is 418 g/mol. The van der Waals surface area contributed by atoms with Gasteiger partial charge in [0.1, 0.15) is 11.6 Å². The van der Waals surface area contributed by atoms with Gasteiger partial charge in [0, 0.05) is 63.0 Å². The molecule has 4 heterocycles. The molecule has 5 rings (SSSR count). The minimum absolute atomic E-state index is 0.0297. The minimum atomic E-state index is -0.0724. The molecule has 0 aliphatic carbocycles. The van der Waals surface area contributed by atoms with Gasteiger partial charge in [0.05, 0.1) is 23.9 Å². The van der Waals surface area contributed by atoms with Gasteiger partial charge in [-0.3, -0.25) is 19.5 Å². The lowest BCUT2D eigenvalue weighted by atomic mass is 10.0. The van der Waals surface area contributed by atoms with Crippen molar-refractivity contribution in [3.63, 3.8) is 0 Å². The van der Waals surface area contributed by atoms with Crippen LogP contribution in [0.15, 0.2) is 53.6 Å². The Morgan fingerprint density at radius 2 is 2.09 bits per heavy atom. The first kappa shape index (κ1) is 21.3. The summed E-state index contributed by atoms with van der Waals surface area (Å²) in [6.07, 6.45) is 4.76. The second kappa shape index (κ2) is 9.15. The van der Waals surface area contributed by atoms with Crippen LogP contribution in [0.3, 0.4) is 0 Å². The molecule has 1 aromatic carbocycles. The van der Waals surface area contributed by atoms with Gasteiger partial charge >= 0.3 is 0 Å². The number of ether oxygens (including phenoxy) is 1. The molecule has 0 saturated carbocycles. The lowest BCUT2D eigenvalue weighted by molar-refractivity contribution is 0.0790. The fourth-order valence-corrected chi connectivity index (χ4v) is 4.74. The van der Waals surface area contributed by atoms with E-state index in [2.05, 4.69) is 20.9 Å². The fourth-order valence-electron chi connectivity index (χ4n) is 4.74. The topological polar surface area (TPSA) is 91.4 Å². The highest BCUT2D eigenvalue weighted by Crippen LogP contribution is 2.27. The number of aromatic amines is 1. The van der Waals surface area contributed by atoms with Gasteiger partial charge in [-0.25, -0.2) is 4.98 Å². The van der Waals surface area contributed by atoms with Crippen molar-refractivity contribution in [2.75, 3.05) is 26.7 Å². The summed E-state index contributed by atoms with van der Waals surface area (Å²) >= 11 is 0. The zero-order valence-corrected chi connectivity index (χ0v) is 18.7. The molecular formula is C25H27N5O3. The van der Waals surface area contributed by atoms with Crippen LogP contribution in [0.1, 0.15) is 45.3 Å². The summed E-state index contributed by atoms with van der Waals surface area (Å²) in [4.78, 5) is 41.7. The molecule has 2 aliphatic heterocycles. The third kappa shape index (κ3) is 4.39. The van der Waals surface area contributed by atoms with E-state index in [1.165, 1.54) is 0 Å². The maximum atomic E-state index is 13.0. The van der Waals surface area contributed by atoms with Crippen LogP contribution in [0.5, 0.6) is 5.75 Å². The summed E-state index contributed by atoms with van der Waals surface area (Å²) in [7, 11) is 1.68. The zero-order chi connectivity index (χ0) is 22.8. The lowest BCUT2D eigenvalue weighted by Crippen LogP contribution is -2.36. The average Bonchev–Trinajstić information content (AvgIpc) is 3.35. The number of para-hydroxylation sites is 1. The minimum Gasteiger partial charge on any atom is -0.496 e. The predicted octanol–water partition coefficient (Wildman–Crippen LogP) is 2.36. The molecule has 1 N–H and O–H groups in total. The summed E-state index contributed by atoms with van der Waals surface area (Å²) in [5.41, 5.74) is 3.23. The molecule has 1 saturated heterocycles. The summed E-state index contributed by atoms with van der Waals surface area (Å²) < 4.78 is 5.47. The Labute approximate surface area is 192 Å². The highest BCUT2D eigenvalue weighted by molar-refractivity contribution is 5.94. The first-order valence-electron chi connectivity index (χ1n) is 11.3. The standard InChI is InChI=1S/C25H27N5O3/c1-33-22-7-3-2-5-18(22)14-29-11-9-21-20(16-29)24(31)28-23(27-21)19-8-12-30(15-19)25(32)17-6-4-10-26-13-17/h2-7,10,13,19H,8-9,11-12,14-16H2,1H3,(H,27,28,31). The summed E-state index contributed by atoms with van der Waals surface area (Å²) in [6, 6.07) is 11.5. The van der Waals surface area contributed by atoms with Crippen LogP contribution in [0.4, 0.5) is 0 Å². The molecule has 2 aliphatic rings. The van der Waals surface area contributed by atoms with Gasteiger partial charge in [-0.1, -0.05) is 18.2 Å². The third-order valence-electron chi connectivity index (χ3n) is 6.52. The average molecular weight is 446 g/mol. The van der Waals surface area contributed by atoms with Crippen LogP contribution >= 0.6 is 0 Å². The molecule has 1 amide bonds. The number of nitrogens with one attached hydrogen (secondary N) is 1. The maximum Gasteiger partial charge on any atom is 0.255 e. The summed E-state index contributed by atoms with van der Waals surface area (Å²) in [5.74, 6) is 1.56. The summed E-state index contributed by atoms with van der Waals surface area (Å²) in [5, 5.41) is 0. The number of amides is 1. The number of nitrogens with zero attached hydrogens (tertiary/aromatic N) is 4. The van der Waals surface area contributed by atoms with Gasteiger partial charge in [0.25, 0.3) is 11.5 Å². The van der Waals surface area contributed by atoms with Crippen molar-refractivity contribution in [3.8, 4) is 5.75 Å². The highest BCUT2D eigenvalue weighted by atomic mass is 16.5. The second-order valence-corrected chi connectivity index (χ2v) is 8.63. The number of methoxy groups -OCH3 is 1. The van der Waals surface area contributed by atoms with Crippen LogP contribution in [0, 0.1) is 0 Å². The van der Waals surface area contributed by atoms with Gasteiger partial charge < -0.3 is 14.6 Å². The van der Waals surface area contributed by atoms with Gasteiger partial charge in [0.15, 0.2) is 0 Å². The highest BCUT2D eigenvalue weighted by Gasteiger charge is 2.31. The molecule has 8 nitrogen and oxygen atoms in total. The number of fused-ring (bicyclic) bond motifs is 1. The van der Waals surface area contributed by atoms with Crippen molar-refractivity contribution >= 4 is 5.91 Å². The van der Waals surface area contributed by atoms with E-state index in [0.717, 1.165) is 48.5 Å². The SMILES string of the molecule is COc1ccccc1CN1CCc2nc(C3CCN(C(=O)c4cccnc4)C3)[nH]c(=O)c2C1. The Morgan fingerprint density at radius 3 is 2.91 bits per heavy atom. The maximum absolute atomic E-state index is 13.0. The number of rotatable bonds is 5. The first-order valence-corrected chi connectivity index (χ1v) is 11.3. The van der Waals surface area contributed by atoms with E-state index in [1.54, 1.807) is 31.6 Å². The monoisotopic (exact) mass is 445 g/mol. The Balaban J connectivity index is 1.29. The normalized spacial score (nSPS) is 18.2. The molecule has 2 aromatic heterocycles. The molecule has 3 aromatic rings. The molecule has 1 atom stereocenters. The molecule has 33 heavy (non-hydrogen) atoms. The van der Waals surface area contributed by atoms with Crippen molar-refractivity contribution in [1.29, 1.82) is 0 Å². The second-order valence-electron chi connectivity index (χ2n) is 8.63. The Bertz CT molecular complexity index is 1210. The van der Waals surface area contributed by atoms with Crippen LogP contribution in [0.25, 0.3) is 0 Å². The van der Waals surface area contributed by atoms with E-state index in [9.17, 15) is 9.59 Å². The van der Waals surface area contributed by atoms with E-state index >= 15 is 0 Å². The Morgan fingerprint density at radius 1 is 1.21 bits per heavy atom. The fraction of sp³-hybridized carbons (Fsp3) is 0.360. The number of aromatic nitrogens is 3. The smallest absolute Gasteiger partial charge is 0.255 e. The number of carbonyl (C=O) groups is 1. The van der Waals surface area contributed by atoms with Crippen LogP contribution in [0.2, 0.25) is 0 Å². The van der Waals surface area contributed by atoms with Crippen LogP contribution in [-0.2, 0) is 19.5 Å². The van der Waals surface area contributed by atoms with E-state index < -0.39 is 0 Å². The Kier molecular flexibility index (Phi) is 5.92. The van der Waals surface area contributed by atoms with Crippen molar-refractivity contribution in [1.82, 2.24) is 24.8 Å². The quantitative estimate of drug-likeness (QED) is 0.648. The lowest BCUT2D eigenvalue weighted by Gasteiger charge is -2.28. The molecule has 8 heteroatoms. The number of benzene rings is 1. The van der Waals surface area contributed by atoms with Gasteiger partial charge in [0.2, 0.25) is 0 Å². The third-order valence-corrected chi connectivity index (χ3v) is 6.52. The number of carbonyl (C=O) groups excluding carboxylic acids is 1. The van der Waals surface area contributed by atoms with Gasteiger partial charge in [-0.2, -0.15) is 0 Å². The molecule has 0 spiro atoms. The number of hydrogen-bond donors (Lipinski definition) is 1. The molecule has 1 fully saturated rings. The van der Waals surface area contributed by atoms with Crippen LogP contribution < -0.4 is 10.3 Å². The van der Waals surface area contributed by atoms with E-state index in [1.807, 2.05) is 23.1 Å². The number of likely N-dealkylation sites (tertiary alicyclic amines) is 1. The van der Waals surface area contributed by atoms with Crippen molar-refractivity contribution in [3.05, 3.63) is 87.4 Å². The molecule has 0 bridgehead atoms. The van der Waals surface area contributed by atoms with Gasteiger partial charge in [-0.05, 0) is 24.6 Å². The largest absolute Gasteiger partial charge is 0.496 e. The van der Waals surface area contributed by atoms with Crippen molar-refractivity contribution in [2.24, 2.45) is 0 Å². The van der Waals surface area contributed by atoms with E-state index in [0.29, 0.717) is 31.0 Å². The predicted molar refractivity (Wildman–Crippen MR) is 123 cm³/mol. The molecule has 1 unspecified atom stereocenters. The number of pyridine rings is 1. The number of H-pyrrole nitrogens is 1. The molecule has 0 radical (unpaired) electrons. The summed E-state index contributed by atoms with van der Waals surface area (Å²) in [6.45, 7) is 3.31. The molecule has 170 valence electrons. The van der Waals surface area contributed by atoms with Gasteiger partial charge in [-0.15, -0.1) is 0 Å². The number of hydrogen-bond acceptors (Lipinski definition) is 6. The van der Waals surface area contributed by atoms with E-state index in [-0.39, 0.29) is 17.4 Å². The van der Waals surface area contributed by atoms with E-state index in [4.69, 9.17) is 9.72 Å². The Hall–Kier alpha value is -3.52. The van der Waals surface area contributed by atoms with Crippen molar-refractivity contribution < 1.29 is 9.53 Å².